The summed E-state index contributed by atoms with van der Waals surface area (Å²) in [7, 11) is 0. The Labute approximate surface area is 197 Å². The third-order valence-corrected chi connectivity index (χ3v) is 6.18. The van der Waals surface area contributed by atoms with Crippen molar-refractivity contribution in [3.8, 4) is 17.2 Å². The quantitative estimate of drug-likeness (QED) is 0.302. The van der Waals surface area contributed by atoms with Crippen LogP contribution in [0.5, 0.6) is 17.2 Å². The number of nitrogens with one attached hydrogen (secondary N) is 1. The number of benzene rings is 3. The number of para-hydroxylation sites is 2. The molecule has 0 aliphatic heterocycles. The minimum atomic E-state index is 0.499. The van der Waals surface area contributed by atoms with E-state index >= 15 is 0 Å². The lowest BCUT2D eigenvalue weighted by Crippen LogP contribution is -2.11. The van der Waals surface area contributed by atoms with Gasteiger partial charge in [0.25, 0.3) is 0 Å². The number of anilines is 1. The van der Waals surface area contributed by atoms with E-state index in [9.17, 15) is 0 Å². The topological polar surface area (TPSA) is 39.7 Å². The van der Waals surface area contributed by atoms with Gasteiger partial charge in [-0.3, -0.25) is 0 Å². The smallest absolute Gasteiger partial charge is 0.124 e. The summed E-state index contributed by atoms with van der Waals surface area (Å²) in [6, 6.07) is 26.2. The average Bonchev–Trinajstić information content (AvgIpc) is 2.88. The van der Waals surface area contributed by atoms with Crippen molar-refractivity contribution in [1.82, 2.24) is 0 Å². The van der Waals surface area contributed by atoms with Gasteiger partial charge in [0.2, 0.25) is 0 Å². The molecular weight excluding hydrogens is 410 g/mol. The van der Waals surface area contributed by atoms with Crippen molar-refractivity contribution in [2.24, 2.45) is 5.92 Å². The molecule has 0 aromatic heterocycles. The van der Waals surface area contributed by atoms with Crippen molar-refractivity contribution in [3.63, 3.8) is 0 Å². The van der Waals surface area contributed by atoms with Crippen LogP contribution in [0.2, 0.25) is 0 Å². The molecule has 0 atom stereocenters. The zero-order valence-electron chi connectivity index (χ0n) is 19.4. The molecule has 0 bridgehead atoms. The van der Waals surface area contributed by atoms with Crippen molar-refractivity contribution in [2.45, 2.75) is 45.1 Å². The van der Waals surface area contributed by atoms with Gasteiger partial charge in [0, 0.05) is 17.8 Å². The summed E-state index contributed by atoms with van der Waals surface area (Å²) < 4.78 is 17.7. The second-order valence-electron chi connectivity index (χ2n) is 8.64. The maximum Gasteiger partial charge on any atom is 0.124 e. The molecule has 0 spiro atoms. The highest BCUT2D eigenvalue weighted by Gasteiger charge is 2.13. The van der Waals surface area contributed by atoms with Crippen LogP contribution in [0.4, 0.5) is 5.69 Å². The largest absolute Gasteiger partial charge is 0.494 e. The lowest BCUT2D eigenvalue weighted by atomic mass is 9.87. The fraction of sp³-hybridized carbons (Fsp3) is 0.379. The summed E-state index contributed by atoms with van der Waals surface area (Å²) in [6.45, 7) is 2.51. The fourth-order valence-corrected chi connectivity index (χ4v) is 4.30. The standard InChI is InChI=1S/C29H35NO3/c1-3-9-24(10-4-1)19-20-31-28-17-15-26(16-18-28)30-23-25-11-7-8-14-29(25)33-22-21-32-27-12-5-2-6-13-27/h2,5-8,11-18,24,30H,1,3-4,9-10,19-23H2. The minimum absolute atomic E-state index is 0.499. The first-order chi connectivity index (χ1) is 16.4. The Balaban J connectivity index is 1.19. The van der Waals surface area contributed by atoms with Crippen molar-refractivity contribution in [3.05, 3.63) is 84.4 Å². The van der Waals surface area contributed by atoms with Crippen molar-refractivity contribution < 1.29 is 14.2 Å². The van der Waals surface area contributed by atoms with E-state index < -0.39 is 0 Å². The molecule has 3 aromatic carbocycles. The van der Waals surface area contributed by atoms with Crippen LogP contribution in [-0.2, 0) is 6.54 Å². The van der Waals surface area contributed by atoms with Crippen LogP contribution < -0.4 is 19.5 Å². The van der Waals surface area contributed by atoms with Gasteiger partial charge in [-0.15, -0.1) is 0 Å². The number of ether oxygens (including phenoxy) is 3. The van der Waals surface area contributed by atoms with Crippen LogP contribution in [0.1, 0.15) is 44.1 Å². The Bertz CT molecular complexity index is 937. The van der Waals surface area contributed by atoms with Gasteiger partial charge in [-0.05, 0) is 54.8 Å². The Kier molecular flexibility index (Phi) is 8.92. The third-order valence-electron chi connectivity index (χ3n) is 6.18. The maximum absolute atomic E-state index is 5.98. The summed E-state index contributed by atoms with van der Waals surface area (Å²) in [6.07, 6.45) is 8.11. The summed E-state index contributed by atoms with van der Waals surface area (Å²) in [5.74, 6) is 3.53. The van der Waals surface area contributed by atoms with Crippen molar-refractivity contribution in [2.75, 3.05) is 25.1 Å². The first-order valence-electron chi connectivity index (χ1n) is 12.2. The first-order valence-corrected chi connectivity index (χ1v) is 12.2. The van der Waals surface area contributed by atoms with Crippen LogP contribution in [0, 0.1) is 5.92 Å². The highest BCUT2D eigenvalue weighted by atomic mass is 16.5. The molecule has 1 saturated carbocycles. The Morgan fingerprint density at radius 2 is 1.30 bits per heavy atom. The molecule has 0 unspecified atom stereocenters. The first kappa shape index (κ1) is 23.0. The molecule has 0 heterocycles. The fourth-order valence-electron chi connectivity index (χ4n) is 4.30. The molecule has 1 fully saturated rings. The number of hydrogen-bond donors (Lipinski definition) is 1. The molecule has 0 radical (unpaired) electrons. The SMILES string of the molecule is c1ccc(OCCOc2ccccc2CNc2ccc(OCCC3CCCCC3)cc2)cc1. The van der Waals surface area contributed by atoms with E-state index in [4.69, 9.17) is 14.2 Å². The van der Waals surface area contributed by atoms with Crippen LogP contribution in [0.25, 0.3) is 0 Å². The lowest BCUT2D eigenvalue weighted by molar-refractivity contribution is 0.216. The van der Waals surface area contributed by atoms with Crippen molar-refractivity contribution >= 4 is 5.69 Å². The molecule has 4 rings (SSSR count). The molecule has 1 N–H and O–H groups in total. The van der Waals surface area contributed by atoms with Gasteiger partial charge in [0.15, 0.2) is 0 Å². The van der Waals surface area contributed by atoms with Gasteiger partial charge < -0.3 is 19.5 Å². The van der Waals surface area contributed by atoms with Crippen LogP contribution in [0.3, 0.4) is 0 Å². The Morgan fingerprint density at radius 1 is 0.636 bits per heavy atom. The van der Waals surface area contributed by atoms with Gasteiger partial charge in [-0.1, -0.05) is 68.5 Å². The van der Waals surface area contributed by atoms with E-state index in [0.717, 1.165) is 41.0 Å². The van der Waals surface area contributed by atoms with E-state index in [-0.39, 0.29) is 0 Å². The van der Waals surface area contributed by atoms with Crippen LogP contribution >= 0.6 is 0 Å². The van der Waals surface area contributed by atoms with Crippen LogP contribution in [-0.4, -0.2) is 19.8 Å². The zero-order valence-corrected chi connectivity index (χ0v) is 19.4. The zero-order chi connectivity index (χ0) is 22.6. The summed E-state index contributed by atoms with van der Waals surface area (Å²) in [4.78, 5) is 0. The van der Waals surface area contributed by atoms with E-state index in [1.807, 2.05) is 60.7 Å². The van der Waals surface area contributed by atoms with Gasteiger partial charge in [0.1, 0.15) is 30.5 Å². The Hall–Kier alpha value is -3.14. The predicted octanol–water partition coefficient (Wildman–Crippen LogP) is 7.11. The van der Waals surface area contributed by atoms with Gasteiger partial charge in [0.05, 0.1) is 6.61 Å². The molecule has 1 aliphatic carbocycles. The minimum Gasteiger partial charge on any atom is -0.494 e. The molecule has 4 nitrogen and oxygen atoms in total. The van der Waals surface area contributed by atoms with Gasteiger partial charge in [-0.2, -0.15) is 0 Å². The second-order valence-corrected chi connectivity index (χ2v) is 8.64. The lowest BCUT2D eigenvalue weighted by Gasteiger charge is -2.21. The molecule has 33 heavy (non-hydrogen) atoms. The predicted molar refractivity (Wildman–Crippen MR) is 134 cm³/mol. The molecule has 3 aromatic rings. The monoisotopic (exact) mass is 445 g/mol. The number of rotatable bonds is 12. The Morgan fingerprint density at radius 3 is 2.12 bits per heavy atom. The summed E-state index contributed by atoms with van der Waals surface area (Å²) >= 11 is 0. The highest BCUT2D eigenvalue weighted by Crippen LogP contribution is 2.27. The summed E-state index contributed by atoms with van der Waals surface area (Å²) in [5.41, 5.74) is 2.18. The van der Waals surface area contributed by atoms with E-state index in [0.29, 0.717) is 19.8 Å². The average molecular weight is 446 g/mol. The van der Waals surface area contributed by atoms with Gasteiger partial charge in [-0.25, -0.2) is 0 Å². The maximum atomic E-state index is 5.98. The molecule has 1 aliphatic rings. The molecule has 0 saturated heterocycles. The molecule has 4 heteroatoms. The molecule has 174 valence electrons. The highest BCUT2D eigenvalue weighted by molar-refractivity contribution is 5.48. The van der Waals surface area contributed by atoms with Gasteiger partial charge >= 0.3 is 0 Å². The number of hydrogen-bond acceptors (Lipinski definition) is 4. The normalized spacial score (nSPS) is 13.9. The van der Waals surface area contributed by atoms with E-state index in [1.54, 1.807) is 0 Å². The van der Waals surface area contributed by atoms with Crippen molar-refractivity contribution in [1.29, 1.82) is 0 Å². The molecule has 0 amide bonds. The summed E-state index contributed by atoms with van der Waals surface area (Å²) in [5, 5.41) is 3.49. The van der Waals surface area contributed by atoms with E-state index in [1.165, 1.54) is 38.5 Å². The molecular formula is C29H35NO3. The van der Waals surface area contributed by atoms with E-state index in [2.05, 4.69) is 23.5 Å². The second kappa shape index (κ2) is 12.8. The third kappa shape index (κ3) is 7.74. The van der Waals surface area contributed by atoms with Crippen LogP contribution in [0.15, 0.2) is 78.9 Å².